The van der Waals surface area contributed by atoms with Crippen molar-refractivity contribution in [3.63, 3.8) is 0 Å². The topological polar surface area (TPSA) is 0 Å². The first-order valence-electron chi connectivity index (χ1n) is 7.38. The molecule has 1 aromatic carbocycles. The van der Waals surface area contributed by atoms with Crippen molar-refractivity contribution in [3.05, 3.63) is 53.1 Å². The molecule has 0 amide bonds. The fourth-order valence-corrected chi connectivity index (χ4v) is 4.26. The van der Waals surface area contributed by atoms with Gasteiger partial charge in [0, 0.05) is 9.99 Å². The standard InChI is InChI=1S/C18H24S2/c1-4-15-9-11-16(12-10-15)18(20-13-19-3)17-8-6-5-7-14(17)2/h9-12H,2,4-8,13H2,1,3H3/b18-17-. The highest BCUT2D eigenvalue weighted by molar-refractivity contribution is 8.20. The summed E-state index contributed by atoms with van der Waals surface area (Å²) < 4.78 is 0. The Bertz CT molecular complexity index is 483. The van der Waals surface area contributed by atoms with E-state index in [1.807, 2.05) is 23.5 Å². The molecule has 0 aliphatic heterocycles. The van der Waals surface area contributed by atoms with Gasteiger partial charge in [0.2, 0.25) is 0 Å². The molecule has 2 rings (SSSR count). The smallest absolute Gasteiger partial charge is 0.0436 e. The number of rotatable bonds is 5. The first kappa shape index (κ1) is 15.8. The van der Waals surface area contributed by atoms with Gasteiger partial charge in [0.25, 0.3) is 0 Å². The van der Waals surface area contributed by atoms with Crippen LogP contribution in [0, 0.1) is 0 Å². The lowest BCUT2D eigenvalue weighted by Gasteiger charge is -2.21. The summed E-state index contributed by atoms with van der Waals surface area (Å²) in [5.41, 5.74) is 5.66. The van der Waals surface area contributed by atoms with E-state index in [1.165, 1.54) is 52.9 Å². The van der Waals surface area contributed by atoms with Crippen molar-refractivity contribution < 1.29 is 0 Å². The van der Waals surface area contributed by atoms with Crippen molar-refractivity contribution >= 4 is 28.4 Å². The monoisotopic (exact) mass is 304 g/mol. The molecule has 1 aromatic rings. The number of allylic oxidation sites excluding steroid dienone is 2. The molecule has 2 heteroatoms. The lowest BCUT2D eigenvalue weighted by atomic mass is 9.89. The molecular formula is C18H24S2. The summed E-state index contributed by atoms with van der Waals surface area (Å²) in [5, 5.41) is 1.11. The van der Waals surface area contributed by atoms with Gasteiger partial charge in [-0.2, -0.15) is 11.8 Å². The average Bonchev–Trinajstić information content (AvgIpc) is 2.50. The van der Waals surface area contributed by atoms with Gasteiger partial charge in [-0.3, -0.25) is 0 Å². The first-order chi connectivity index (χ1) is 9.76. The van der Waals surface area contributed by atoms with Gasteiger partial charge in [0.1, 0.15) is 0 Å². The van der Waals surface area contributed by atoms with Gasteiger partial charge in [0.15, 0.2) is 0 Å². The summed E-state index contributed by atoms with van der Waals surface area (Å²) in [6, 6.07) is 9.11. The van der Waals surface area contributed by atoms with Gasteiger partial charge >= 0.3 is 0 Å². The van der Waals surface area contributed by atoms with Crippen molar-refractivity contribution in [3.8, 4) is 0 Å². The second-order valence-corrected chi connectivity index (χ2v) is 7.44. The summed E-state index contributed by atoms with van der Waals surface area (Å²) in [4.78, 5) is 1.46. The highest BCUT2D eigenvalue weighted by Crippen LogP contribution is 2.40. The largest absolute Gasteiger partial charge is 0.154 e. The number of aryl methyl sites for hydroxylation is 1. The third-order valence-electron chi connectivity index (χ3n) is 3.80. The van der Waals surface area contributed by atoms with E-state index in [2.05, 4.69) is 44.0 Å². The molecule has 1 aliphatic rings. The van der Waals surface area contributed by atoms with E-state index in [1.54, 1.807) is 0 Å². The quantitative estimate of drug-likeness (QED) is 0.599. The molecule has 0 bridgehead atoms. The van der Waals surface area contributed by atoms with Gasteiger partial charge in [-0.1, -0.05) is 43.3 Å². The maximum atomic E-state index is 4.31. The Morgan fingerprint density at radius 3 is 2.45 bits per heavy atom. The Kier molecular flexibility index (Phi) is 6.31. The molecule has 0 aromatic heterocycles. The second-order valence-electron chi connectivity index (χ2n) is 5.22. The minimum Gasteiger partial charge on any atom is -0.154 e. The molecule has 0 atom stereocenters. The zero-order chi connectivity index (χ0) is 14.4. The van der Waals surface area contributed by atoms with Crippen molar-refractivity contribution in [2.75, 3.05) is 11.3 Å². The molecule has 108 valence electrons. The second kappa shape index (κ2) is 7.99. The highest BCUT2D eigenvalue weighted by atomic mass is 32.2. The zero-order valence-corrected chi connectivity index (χ0v) is 14.2. The van der Waals surface area contributed by atoms with E-state index >= 15 is 0 Å². The zero-order valence-electron chi connectivity index (χ0n) is 12.6. The van der Waals surface area contributed by atoms with Crippen molar-refractivity contribution in [1.82, 2.24) is 0 Å². The summed E-state index contributed by atoms with van der Waals surface area (Å²) in [5.74, 6) is 0. The van der Waals surface area contributed by atoms with Crippen LogP contribution in [0.15, 0.2) is 42.0 Å². The van der Waals surface area contributed by atoms with E-state index in [9.17, 15) is 0 Å². The maximum Gasteiger partial charge on any atom is 0.0436 e. The van der Waals surface area contributed by atoms with Crippen LogP contribution < -0.4 is 0 Å². The van der Waals surface area contributed by atoms with E-state index in [0.29, 0.717) is 0 Å². The van der Waals surface area contributed by atoms with E-state index < -0.39 is 0 Å². The van der Waals surface area contributed by atoms with Gasteiger partial charge in [-0.25, -0.2) is 0 Å². The summed E-state index contributed by atoms with van der Waals surface area (Å²) in [6.45, 7) is 6.51. The van der Waals surface area contributed by atoms with E-state index in [-0.39, 0.29) is 0 Å². The van der Waals surface area contributed by atoms with E-state index in [4.69, 9.17) is 0 Å². The highest BCUT2D eigenvalue weighted by Gasteiger charge is 2.16. The average molecular weight is 305 g/mol. The molecule has 0 spiro atoms. The van der Waals surface area contributed by atoms with Gasteiger partial charge in [0.05, 0.1) is 0 Å². The molecule has 0 nitrogen and oxygen atoms in total. The minimum absolute atomic E-state index is 1.11. The van der Waals surface area contributed by atoms with E-state index in [0.717, 1.165) is 11.5 Å². The fourth-order valence-electron chi connectivity index (χ4n) is 2.60. The van der Waals surface area contributed by atoms with Gasteiger partial charge < -0.3 is 0 Å². The van der Waals surface area contributed by atoms with Crippen LogP contribution in [0.4, 0.5) is 0 Å². The maximum absolute atomic E-state index is 4.31. The Morgan fingerprint density at radius 2 is 1.85 bits per heavy atom. The Balaban J connectivity index is 2.34. The number of hydrogen-bond acceptors (Lipinski definition) is 2. The number of thioether (sulfide) groups is 2. The van der Waals surface area contributed by atoms with Crippen LogP contribution in [0.5, 0.6) is 0 Å². The normalized spacial score (nSPS) is 18.2. The van der Waals surface area contributed by atoms with Crippen LogP contribution >= 0.6 is 23.5 Å². The van der Waals surface area contributed by atoms with Crippen LogP contribution in [-0.4, -0.2) is 11.3 Å². The molecule has 1 saturated carbocycles. The lowest BCUT2D eigenvalue weighted by molar-refractivity contribution is 0.683. The summed E-state index contributed by atoms with van der Waals surface area (Å²) in [7, 11) is 0. The first-order valence-corrected chi connectivity index (χ1v) is 9.76. The van der Waals surface area contributed by atoms with Crippen LogP contribution in [0.2, 0.25) is 0 Å². The van der Waals surface area contributed by atoms with Crippen molar-refractivity contribution in [2.45, 2.75) is 39.0 Å². The van der Waals surface area contributed by atoms with Crippen LogP contribution in [-0.2, 0) is 6.42 Å². The molecule has 0 saturated heterocycles. The molecule has 0 radical (unpaired) electrons. The molecule has 0 N–H and O–H groups in total. The van der Waals surface area contributed by atoms with Gasteiger partial charge in [-0.05, 0) is 55.1 Å². The summed E-state index contributed by atoms with van der Waals surface area (Å²) in [6.07, 6.45) is 8.26. The van der Waals surface area contributed by atoms with Crippen LogP contribution in [0.1, 0.15) is 43.7 Å². The minimum atomic E-state index is 1.11. The molecule has 1 fully saturated rings. The SMILES string of the molecule is C=C1CCCC/C1=C(/SCSC)c1ccc(CC)cc1. The molecular weight excluding hydrogens is 280 g/mol. The third-order valence-corrected chi connectivity index (χ3v) is 5.99. The van der Waals surface area contributed by atoms with Crippen LogP contribution in [0.3, 0.4) is 0 Å². The molecule has 0 unspecified atom stereocenters. The Hall–Kier alpha value is -0.600. The third kappa shape index (κ3) is 3.95. The lowest BCUT2D eigenvalue weighted by Crippen LogP contribution is -2.00. The van der Waals surface area contributed by atoms with Crippen LogP contribution in [0.25, 0.3) is 4.91 Å². The van der Waals surface area contributed by atoms with Crippen molar-refractivity contribution in [1.29, 1.82) is 0 Å². The number of hydrogen-bond donors (Lipinski definition) is 0. The Labute approximate surface area is 132 Å². The Morgan fingerprint density at radius 1 is 1.15 bits per heavy atom. The predicted molar refractivity (Wildman–Crippen MR) is 96.3 cm³/mol. The molecule has 0 heterocycles. The molecule has 1 aliphatic carbocycles. The van der Waals surface area contributed by atoms with Gasteiger partial charge in [-0.15, -0.1) is 11.8 Å². The predicted octanol–water partition coefficient (Wildman–Crippen LogP) is 6.14. The summed E-state index contributed by atoms with van der Waals surface area (Å²) >= 11 is 3.88. The van der Waals surface area contributed by atoms with Crippen molar-refractivity contribution in [2.24, 2.45) is 0 Å². The fraction of sp³-hybridized carbons (Fsp3) is 0.444. The molecule has 20 heavy (non-hydrogen) atoms. The number of benzene rings is 1.